The number of hydrogen-bond acceptors (Lipinski definition) is 4. The topological polar surface area (TPSA) is 80.1 Å². The van der Waals surface area contributed by atoms with E-state index in [2.05, 4.69) is 24.1 Å². The molecule has 0 bridgehead atoms. The Morgan fingerprint density at radius 3 is 2.73 bits per heavy atom. The number of nitrogens with zero attached hydrogens (tertiary/aromatic N) is 4. The number of carbonyl (C=O) groups excluding carboxylic acids is 2. The molecule has 0 aromatic carbocycles. The van der Waals surface area contributed by atoms with Crippen LogP contribution >= 0.6 is 0 Å². The van der Waals surface area contributed by atoms with Crippen molar-refractivity contribution in [1.82, 2.24) is 25.0 Å². The summed E-state index contributed by atoms with van der Waals surface area (Å²) in [6, 6.07) is 4.10. The van der Waals surface area contributed by atoms with Gasteiger partial charge in [-0.2, -0.15) is 5.10 Å². The zero-order valence-electron chi connectivity index (χ0n) is 19.8. The van der Waals surface area contributed by atoms with E-state index in [4.69, 9.17) is 5.10 Å². The smallest absolute Gasteiger partial charge is 0.318 e. The first kappa shape index (κ1) is 22.1. The molecule has 7 nitrogen and oxygen atoms in total. The van der Waals surface area contributed by atoms with Crippen LogP contribution in [0.5, 0.6) is 0 Å². The molecule has 0 spiro atoms. The van der Waals surface area contributed by atoms with Crippen molar-refractivity contribution >= 4 is 11.8 Å². The number of hydrogen-bond donors (Lipinski definition) is 1. The number of urea groups is 1. The molecule has 1 atom stereocenters. The molecule has 3 aliphatic rings. The molecule has 2 aromatic rings. The number of nitrogens with one attached hydrogen (secondary N) is 1. The number of aromatic nitrogens is 3. The Labute approximate surface area is 195 Å². The van der Waals surface area contributed by atoms with Crippen molar-refractivity contribution in [3.8, 4) is 0 Å². The lowest BCUT2D eigenvalue weighted by Crippen LogP contribution is -2.45. The molecular formula is C26H35N5O2. The normalized spacial score (nSPS) is 22.9. The Bertz CT molecular complexity index is 1020. The molecule has 7 heteroatoms. The van der Waals surface area contributed by atoms with Gasteiger partial charge in [-0.3, -0.25) is 14.5 Å². The van der Waals surface area contributed by atoms with Crippen molar-refractivity contribution in [2.75, 3.05) is 6.54 Å². The average Bonchev–Trinajstić information content (AvgIpc) is 3.40. The monoisotopic (exact) mass is 449 g/mol. The summed E-state index contributed by atoms with van der Waals surface area (Å²) in [7, 11) is 0. The first-order valence-electron chi connectivity index (χ1n) is 12.5. The largest absolute Gasteiger partial charge is 0.335 e. The zero-order valence-corrected chi connectivity index (χ0v) is 19.8. The summed E-state index contributed by atoms with van der Waals surface area (Å²) in [5.41, 5.74) is 3.53. The molecule has 1 saturated heterocycles. The Hall–Kier alpha value is -2.70. The van der Waals surface area contributed by atoms with Crippen LogP contribution in [-0.4, -0.2) is 44.1 Å². The summed E-state index contributed by atoms with van der Waals surface area (Å²) < 4.78 is 2.00. The van der Waals surface area contributed by atoms with E-state index in [0.29, 0.717) is 19.5 Å². The van der Waals surface area contributed by atoms with Crippen LogP contribution in [0.15, 0.2) is 24.5 Å². The van der Waals surface area contributed by atoms with E-state index in [1.54, 1.807) is 6.20 Å². The van der Waals surface area contributed by atoms with Gasteiger partial charge in [-0.1, -0.05) is 39.2 Å². The van der Waals surface area contributed by atoms with Crippen LogP contribution in [0.2, 0.25) is 0 Å². The summed E-state index contributed by atoms with van der Waals surface area (Å²) in [6.45, 7) is 5.59. The van der Waals surface area contributed by atoms with Gasteiger partial charge in [0.1, 0.15) is 0 Å². The molecule has 33 heavy (non-hydrogen) atoms. The highest BCUT2D eigenvalue weighted by molar-refractivity contribution is 6.00. The molecule has 5 rings (SSSR count). The van der Waals surface area contributed by atoms with Crippen molar-refractivity contribution in [2.45, 2.75) is 90.3 Å². The standard InChI is InChI=1S/C26H35N5O2/c1-26(2)14-21-23(22(32)15-26)24(29-31(21)17-18-8-6-12-27-16-18)20-11-7-13-30(20)25(33)28-19-9-4-3-5-10-19/h6,8,12,16,19-20H,3-5,7,9-11,13-15,17H2,1-2H3,(H,28,33)/t20-/m0/s1. The third-order valence-corrected chi connectivity index (χ3v) is 7.47. The Morgan fingerprint density at radius 2 is 1.97 bits per heavy atom. The number of pyridine rings is 1. The van der Waals surface area contributed by atoms with E-state index in [1.807, 2.05) is 27.9 Å². The van der Waals surface area contributed by atoms with Gasteiger partial charge in [-0.25, -0.2) is 4.79 Å². The predicted molar refractivity (Wildman–Crippen MR) is 126 cm³/mol. The molecule has 2 aliphatic carbocycles. The van der Waals surface area contributed by atoms with Crippen LogP contribution in [0.3, 0.4) is 0 Å². The molecule has 3 heterocycles. The fraction of sp³-hybridized carbons (Fsp3) is 0.615. The fourth-order valence-electron chi connectivity index (χ4n) is 5.87. The van der Waals surface area contributed by atoms with E-state index in [1.165, 1.54) is 19.3 Å². The highest BCUT2D eigenvalue weighted by Crippen LogP contribution is 2.41. The van der Waals surface area contributed by atoms with Crippen LogP contribution in [0, 0.1) is 5.41 Å². The lowest BCUT2D eigenvalue weighted by Gasteiger charge is -2.31. The summed E-state index contributed by atoms with van der Waals surface area (Å²) in [5.74, 6) is 0.160. The van der Waals surface area contributed by atoms with Crippen LogP contribution in [0.1, 0.15) is 98.6 Å². The first-order chi connectivity index (χ1) is 15.9. The maximum absolute atomic E-state index is 13.4. The minimum atomic E-state index is -0.136. The second kappa shape index (κ2) is 8.92. The highest BCUT2D eigenvalue weighted by atomic mass is 16.2. The summed E-state index contributed by atoms with van der Waals surface area (Å²) in [5, 5.41) is 8.28. The molecule has 1 aliphatic heterocycles. The molecule has 1 N–H and O–H groups in total. The van der Waals surface area contributed by atoms with Gasteiger partial charge in [-0.15, -0.1) is 0 Å². The number of carbonyl (C=O) groups is 2. The minimum absolute atomic E-state index is 0.00328. The number of fused-ring (bicyclic) bond motifs is 1. The van der Waals surface area contributed by atoms with Gasteiger partial charge in [0, 0.05) is 31.4 Å². The van der Waals surface area contributed by atoms with Crippen molar-refractivity contribution in [3.05, 3.63) is 47.0 Å². The van der Waals surface area contributed by atoms with E-state index in [9.17, 15) is 9.59 Å². The summed E-state index contributed by atoms with van der Waals surface area (Å²) in [4.78, 5) is 32.8. The quantitative estimate of drug-likeness (QED) is 0.736. The Balaban J connectivity index is 1.46. The third-order valence-electron chi connectivity index (χ3n) is 7.47. The lowest BCUT2D eigenvalue weighted by atomic mass is 9.75. The van der Waals surface area contributed by atoms with Crippen molar-refractivity contribution in [2.24, 2.45) is 5.41 Å². The number of rotatable bonds is 4. The maximum atomic E-state index is 13.4. The highest BCUT2D eigenvalue weighted by Gasteiger charge is 2.41. The first-order valence-corrected chi connectivity index (χ1v) is 12.5. The van der Waals surface area contributed by atoms with Crippen molar-refractivity contribution in [3.63, 3.8) is 0 Å². The van der Waals surface area contributed by atoms with Gasteiger partial charge in [-0.05, 0) is 49.1 Å². The number of ketones is 1. The molecule has 2 fully saturated rings. The third kappa shape index (κ3) is 4.55. The SMILES string of the molecule is CC1(C)CC(=O)c2c([C@@H]3CCCN3C(=O)NC3CCCCC3)nn(Cc3cccnc3)c2C1. The molecule has 2 amide bonds. The summed E-state index contributed by atoms with van der Waals surface area (Å²) >= 11 is 0. The number of likely N-dealkylation sites (tertiary alicyclic amines) is 1. The minimum Gasteiger partial charge on any atom is -0.335 e. The second-order valence-corrected chi connectivity index (χ2v) is 10.8. The van der Waals surface area contributed by atoms with Gasteiger partial charge >= 0.3 is 6.03 Å². The van der Waals surface area contributed by atoms with Crippen LogP contribution < -0.4 is 5.32 Å². The Kier molecular flexibility index (Phi) is 5.97. The number of amides is 2. The van der Waals surface area contributed by atoms with Crippen LogP contribution in [-0.2, 0) is 13.0 Å². The molecule has 176 valence electrons. The van der Waals surface area contributed by atoms with Crippen LogP contribution in [0.25, 0.3) is 0 Å². The second-order valence-electron chi connectivity index (χ2n) is 10.8. The van der Waals surface area contributed by atoms with Gasteiger partial charge in [0.25, 0.3) is 0 Å². The van der Waals surface area contributed by atoms with Crippen molar-refractivity contribution < 1.29 is 9.59 Å². The average molecular weight is 450 g/mol. The summed E-state index contributed by atoms with van der Waals surface area (Å²) in [6.07, 6.45) is 12.5. The molecular weight excluding hydrogens is 414 g/mol. The van der Waals surface area contributed by atoms with E-state index < -0.39 is 0 Å². The van der Waals surface area contributed by atoms with Gasteiger partial charge in [0.15, 0.2) is 5.78 Å². The van der Waals surface area contributed by atoms with E-state index in [-0.39, 0.29) is 29.3 Å². The van der Waals surface area contributed by atoms with Gasteiger partial charge in [0.05, 0.1) is 29.5 Å². The fourth-order valence-corrected chi connectivity index (χ4v) is 5.87. The van der Waals surface area contributed by atoms with Crippen LogP contribution in [0.4, 0.5) is 4.79 Å². The predicted octanol–water partition coefficient (Wildman–Crippen LogP) is 4.66. The molecule has 0 unspecified atom stereocenters. The molecule has 1 saturated carbocycles. The Morgan fingerprint density at radius 1 is 1.15 bits per heavy atom. The van der Waals surface area contributed by atoms with E-state index in [0.717, 1.165) is 54.6 Å². The molecule has 0 radical (unpaired) electrons. The van der Waals surface area contributed by atoms with Gasteiger partial charge < -0.3 is 10.2 Å². The van der Waals surface area contributed by atoms with E-state index >= 15 is 0 Å². The maximum Gasteiger partial charge on any atom is 0.318 e. The van der Waals surface area contributed by atoms with Gasteiger partial charge in [0.2, 0.25) is 0 Å². The zero-order chi connectivity index (χ0) is 23.0. The lowest BCUT2D eigenvalue weighted by molar-refractivity contribution is 0.0907. The number of Topliss-reactive ketones (excluding diaryl/α,β-unsaturated/α-hetero) is 1. The van der Waals surface area contributed by atoms with Crippen molar-refractivity contribution in [1.29, 1.82) is 0 Å². The molecule has 2 aromatic heterocycles.